The maximum atomic E-state index is 2.45. The van der Waals surface area contributed by atoms with Crippen molar-refractivity contribution in [3.8, 4) is 0 Å². The van der Waals surface area contributed by atoms with Crippen LogP contribution in [0.3, 0.4) is 0 Å². The normalized spacial score (nSPS) is 2.25. The molecule has 0 aromatic carbocycles. The predicted molar refractivity (Wildman–Crippen MR) is 25.1 cm³/mol. The van der Waals surface area contributed by atoms with Gasteiger partial charge in [0.05, 0.1) is 0 Å². The van der Waals surface area contributed by atoms with E-state index in [0.29, 0.717) is 0 Å². The van der Waals surface area contributed by atoms with Crippen LogP contribution < -0.4 is 0 Å². The second-order valence-electron chi connectivity index (χ2n) is 0. The minimum atomic E-state index is 0. The van der Waals surface area contributed by atoms with Crippen molar-refractivity contribution in [2.75, 3.05) is 0 Å². The fourth-order valence-corrected chi connectivity index (χ4v) is 0. The van der Waals surface area contributed by atoms with Crippen LogP contribution in [0.15, 0.2) is 0 Å². The molecule has 0 bridgehead atoms. The van der Waals surface area contributed by atoms with Gasteiger partial charge in [-0.1, -0.05) is 0 Å². The van der Waals surface area contributed by atoms with Crippen LogP contribution in [0.25, 0.3) is 0 Å². The summed E-state index contributed by atoms with van der Waals surface area (Å²) in [7, 11) is 1.24. The van der Waals surface area contributed by atoms with Crippen LogP contribution >= 0.6 is 0 Å². The standard InChI is InChI=1S/Ba.Hg.H4SeSi.2H/c;;1-2;;/h;;1H,2H3;;/q+2;;;2*-1. The molecule has 0 aliphatic carbocycles. The third-order valence-electron chi connectivity index (χ3n) is 0. The van der Waals surface area contributed by atoms with Crippen molar-refractivity contribution in [1.82, 2.24) is 0 Å². The Bertz CT molecular complexity index is 13.5. The summed E-state index contributed by atoms with van der Waals surface area (Å²) in [4.78, 5) is 0. The van der Waals surface area contributed by atoms with Gasteiger partial charge in [-0.05, 0) is 0 Å². The maximum absolute atomic E-state index is 2.45. The fraction of sp³-hybridized carbons (Fsp3) is 0. The molecule has 0 unspecified atom stereocenters. The van der Waals surface area contributed by atoms with Crippen molar-refractivity contribution in [1.29, 1.82) is 0 Å². The molecule has 0 aromatic rings. The number of hydrogen-bond acceptors (Lipinski definition) is 0. The van der Waals surface area contributed by atoms with Crippen LogP contribution in [0.1, 0.15) is 2.85 Å². The monoisotopic (exact) mass is 454 g/mol. The summed E-state index contributed by atoms with van der Waals surface area (Å²) in [6, 6.07) is 0. The second-order valence-corrected chi connectivity index (χ2v) is 0. The van der Waals surface area contributed by atoms with Gasteiger partial charge in [0.2, 0.25) is 0 Å². The van der Waals surface area contributed by atoms with Gasteiger partial charge < -0.3 is 2.85 Å². The van der Waals surface area contributed by atoms with Crippen LogP contribution in [0.4, 0.5) is 0 Å². The molecule has 0 aliphatic heterocycles. The third kappa shape index (κ3) is 8.97. The van der Waals surface area contributed by atoms with E-state index in [0.717, 1.165) is 0 Å². The molecule has 0 radical (unpaired) electrons. The van der Waals surface area contributed by atoms with Crippen molar-refractivity contribution in [3.63, 3.8) is 0 Å². The first-order chi connectivity index (χ1) is 1.00. The molecule has 0 saturated carbocycles. The molecule has 0 heterocycles. The summed E-state index contributed by atoms with van der Waals surface area (Å²) in [6.45, 7) is 0. The molecule has 0 aromatic heterocycles. The van der Waals surface area contributed by atoms with Crippen LogP contribution in [-0.4, -0.2) is 73.1 Å². The Labute approximate surface area is 101 Å². The Morgan fingerprint density at radius 1 is 1.50 bits per heavy atom. The molecule has 0 aliphatic rings. The quantitative estimate of drug-likeness (QED) is 0.375. The average molecular weight is 451 g/mol. The molecular formula is H6BaHgSeSi. The van der Waals surface area contributed by atoms with Gasteiger partial charge in [-0.15, -0.1) is 0 Å². The van der Waals surface area contributed by atoms with Crippen molar-refractivity contribution in [2.24, 2.45) is 0 Å². The van der Waals surface area contributed by atoms with Crippen LogP contribution in [0, 0.1) is 0 Å². The van der Waals surface area contributed by atoms with E-state index in [2.05, 4.69) is 15.4 Å². The first-order valence-electron chi connectivity index (χ1n) is 0.447. The van der Waals surface area contributed by atoms with E-state index in [1.54, 1.807) is 0 Å². The Balaban J connectivity index is -0.000000000833. The Kier molecular flexibility index (Phi) is 64.0. The zero-order valence-corrected chi connectivity index (χ0v) is 16.7. The third-order valence-corrected chi connectivity index (χ3v) is 0. The van der Waals surface area contributed by atoms with Crippen LogP contribution in [0.5, 0.6) is 0 Å². The molecule has 0 atom stereocenters. The average Bonchev–Trinajstić information content (AvgIpc) is 1.00. The minimum absolute atomic E-state index is 0. The SMILES string of the molecule is [Ba+2].[H-].[H-].[Hg].[SiH3][SeH]. The molecule has 0 nitrogen and oxygen atoms in total. The molecule has 0 spiro atoms. The van der Waals surface area contributed by atoms with E-state index >= 15 is 0 Å². The van der Waals surface area contributed by atoms with Gasteiger partial charge in [-0.2, -0.15) is 0 Å². The molecule has 4 heavy (non-hydrogen) atoms. The van der Waals surface area contributed by atoms with Gasteiger partial charge in [-0.3, -0.25) is 0 Å². The predicted octanol–water partition coefficient (Wildman–Crippen LogP) is -1.99. The Morgan fingerprint density at radius 3 is 1.50 bits per heavy atom. The van der Waals surface area contributed by atoms with E-state index < -0.39 is 0 Å². The van der Waals surface area contributed by atoms with Crippen molar-refractivity contribution >= 4 is 73.1 Å². The van der Waals surface area contributed by atoms with E-state index in [1.807, 2.05) is 0 Å². The van der Waals surface area contributed by atoms with Gasteiger partial charge >= 0.3 is 73.1 Å². The number of rotatable bonds is 0. The molecular weight excluding hydrogens is 445 g/mol. The van der Waals surface area contributed by atoms with Crippen molar-refractivity contribution in [3.05, 3.63) is 0 Å². The molecule has 0 N–H and O–H groups in total. The zero-order valence-electron chi connectivity index (χ0n) is 4.86. The van der Waals surface area contributed by atoms with Crippen molar-refractivity contribution < 1.29 is 30.5 Å². The summed E-state index contributed by atoms with van der Waals surface area (Å²) < 4.78 is 0. The van der Waals surface area contributed by atoms with Gasteiger partial charge in [-0.25, -0.2) is 0 Å². The van der Waals surface area contributed by atoms with Crippen molar-refractivity contribution in [2.45, 2.75) is 0 Å². The summed E-state index contributed by atoms with van der Waals surface area (Å²) in [5.41, 5.74) is 0. The molecule has 4 heteroatoms. The van der Waals surface area contributed by atoms with E-state index in [4.69, 9.17) is 0 Å². The van der Waals surface area contributed by atoms with Gasteiger partial charge in [0.15, 0.2) is 0 Å². The van der Waals surface area contributed by atoms with Crippen LogP contribution in [0.2, 0.25) is 0 Å². The Morgan fingerprint density at radius 2 is 1.50 bits per heavy atom. The van der Waals surface area contributed by atoms with E-state index in [-0.39, 0.29) is 79.4 Å². The molecule has 20 valence electrons. The molecule has 0 rings (SSSR count). The van der Waals surface area contributed by atoms with Crippen LogP contribution in [-0.2, 0) is 27.7 Å². The van der Waals surface area contributed by atoms with Gasteiger partial charge in [0, 0.05) is 27.7 Å². The molecule has 0 saturated heterocycles. The van der Waals surface area contributed by atoms with E-state index in [1.165, 1.54) is 8.85 Å². The fourth-order valence-electron chi connectivity index (χ4n) is 0. The first kappa shape index (κ1) is 15.7. The zero-order chi connectivity index (χ0) is 2.00. The molecule has 0 fully saturated rings. The topological polar surface area (TPSA) is 0 Å². The van der Waals surface area contributed by atoms with E-state index in [9.17, 15) is 0 Å². The molecule has 0 amide bonds. The van der Waals surface area contributed by atoms with Gasteiger partial charge in [0.25, 0.3) is 0 Å². The first-order valence-corrected chi connectivity index (χ1v) is 6.97. The van der Waals surface area contributed by atoms with Gasteiger partial charge in [0.1, 0.15) is 0 Å². The Hall–Kier alpha value is 3.24. The summed E-state index contributed by atoms with van der Waals surface area (Å²) in [5.74, 6) is 0. The summed E-state index contributed by atoms with van der Waals surface area (Å²) in [5, 5.41) is 0. The second kappa shape index (κ2) is 16.3. The summed E-state index contributed by atoms with van der Waals surface area (Å²) >= 11 is 2.45. The number of hydrogen-bond donors (Lipinski definition) is 0. The summed E-state index contributed by atoms with van der Waals surface area (Å²) in [6.07, 6.45) is 0.